The first-order valence-electron chi connectivity index (χ1n) is 6.30. The normalized spacial score (nSPS) is 11.2. The number of benzene rings is 1. The maximum Gasteiger partial charge on any atom is 0.416 e. The molecule has 3 nitrogen and oxygen atoms in total. The van der Waals surface area contributed by atoms with Gasteiger partial charge in [-0.2, -0.15) is 13.2 Å². The second-order valence-corrected chi connectivity index (χ2v) is 4.26. The fourth-order valence-electron chi connectivity index (χ4n) is 1.60. The van der Waals surface area contributed by atoms with Crippen molar-refractivity contribution < 1.29 is 27.4 Å². The summed E-state index contributed by atoms with van der Waals surface area (Å²) in [7, 11) is 1.33. The Morgan fingerprint density at radius 2 is 1.95 bits per heavy atom. The number of esters is 1. The molecule has 0 heterocycles. The third kappa shape index (κ3) is 5.95. The molecule has 1 aromatic rings. The van der Waals surface area contributed by atoms with Crippen molar-refractivity contribution in [2.75, 3.05) is 13.7 Å². The monoisotopic (exact) mass is 290 g/mol. The van der Waals surface area contributed by atoms with E-state index < -0.39 is 11.7 Å². The van der Waals surface area contributed by atoms with Crippen molar-refractivity contribution in [1.82, 2.24) is 0 Å². The van der Waals surface area contributed by atoms with Gasteiger partial charge in [0.05, 0.1) is 19.3 Å². The molecule has 0 aliphatic heterocycles. The minimum absolute atomic E-state index is 0.202. The standard InChI is InChI=1S/C14H17F3O3/c1-19-13(18)8-3-2-4-9-20-12-7-5-6-11(10-12)14(15,16)17/h5-7,10H,2-4,8-9H2,1H3. The van der Waals surface area contributed by atoms with Crippen LogP contribution in [0.1, 0.15) is 31.2 Å². The van der Waals surface area contributed by atoms with E-state index in [0.29, 0.717) is 25.9 Å². The fourth-order valence-corrected chi connectivity index (χ4v) is 1.60. The minimum atomic E-state index is -4.36. The molecule has 0 radical (unpaired) electrons. The molecule has 0 aliphatic rings. The highest BCUT2D eigenvalue weighted by atomic mass is 19.4. The third-order valence-corrected chi connectivity index (χ3v) is 2.68. The van der Waals surface area contributed by atoms with Crippen LogP contribution in [0.15, 0.2) is 24.3 Å². The Morgan fingerprint density at radius 3 is 2.60 bits per heavy atom. The summed E-state index contributed by atoms with van der Waals surface area (Å²) in [6.45, 7) is 0.322. The zero-order chi connectivity index (χ0) is 15.0. The molecule has 0 spiro atoms. The summed E-state index contributed by atoms with van der Waals surface area (Å²) < 4.78 is 47.2. The van der Waals surface area contributed by atoms with Crippen LogP contribution in [0.3, 0.4) is 0 Å². The van der Waals surface area contributed by atoms with Crippen LogP contribution in [0.5, 0.6) is 5.75 Å². The Labute approximate surface area is 115 Å². The molecule has 20 heavy (non-hydrogen) atoms. The molecule has 112 valence electrons. The van der Waals surface area contributed by atoms with Crippen LogP contribution >= 0.6 is 0 Å². The van der Waals surface area contributed by atoms with Gasteiger partial charge >= 0.3 is 12.1 Å². The summed E-state index contributed by atoms with van der Waals surface area (Å²) in [6.07, 6.45) is -1.90. The van der Waals surface area contributed by atoms with Gasteiger partial charge in [0.15, 0.2) is 0 Å². The van der Waals surface area contributed by atoms with Crippen molar-refractivity contribution in [1.29, 1.82) is 0 Å². The van der Waals surface area contributed by atoms with Crippen molar-refractivity contribution in [2.45, 2.75) is 31.9 Å². The predicted molar refractivity (Wildman–Crippen MR) is 67.4 cm³/mol. The highest BCUT2D eigenvalue weighted by Crippen LogP contribution is 2.31. The van der Waals surface area contributed by atoms with E-state index in [1.165, 1.54) is 19.2 Å². The van der Waals surface area contributed by atoms with E-state index >= 15 is 0 Å². The van der Waals surface area contributed by atoms with E-state index in [4.69, 9.17) is 4.74 Å². The molecule has 0 bridgehead atoms. The number of rotatable bonds is 7. The number of halogens is 3. The first-order valence-corrected chi connectivity index (χ1v) is 6.30. The smallest absolute Gasteiger partial charge is 0.416 e. The molecule has 0 saturated heterocycles. The molecule has 0 aliphatic carbocycles. The lowest BCUT2D eigenvalue weighted by Gasteiger charge is -2.10. The molecular formula is C14H17F3O3. The van der Waals surface area contributed by atoms with Gasteiger partial charge in [0.1, 0.15) is 5.75 Å². The van der Waals surface area contributed by atoms with E-state index in [2.05, 4.69) is 4.74 Å². The Hall–Kier alpha value is -1.72. The maximum atomic E-state index is 12.5. The number of alkyl halides is 3. The average Bonchev–Trinajstić information content (AvgIpc) is 2.41. The van der Waals surface area contributed by atoms with E-state index in [-0.39, 0.29) is 11.7 Å². The molecule has 1 rings (SSSR count). The molecule has 0 aromatic heterocycles. The van der Waals surface area contributed by atoms with Crippen molar-refractivity contribution in [3.05, 3.63) is 29.8 Å². The van der Waals surface area contributed by atoms with Gasteiger partial charge in [0, 0.05) is 6.42 Å². The summed E-state index contributed by atoms with van der Waals surface area (Å²) in [5.41, 5.74) is -0.722. The summed E-state index contributed by atoms with van der Waals surface area (Å²) in [5, 5.41) is 0. The van der Waals surface area contributed by atoms with Crippen molar-refractivity contribution in [3.63, 3.8) is 0 Å². The summed E-state index contributed by atoms with van der Waals surface area (Å²) >= 11 is 0. The Balaban J connectivity index is 2.27. The van der Waals surface area contributed by atoms with Crippen LogP contribution in [0.2, 0.25) is 0 Å². The van der Waals surface area contributed by atoms with Gasteiger partial charge in [-0.25, -0.2) is 0 Å². The Bertz CT molecular complexity index is 430. The first-order chi connectivity index (χ1) is 9.43. The van der Waals surface area contributed by atoms with Crippen molar-refractivity contribution in [2.24, 2.45) is 0 Å². The van der Waals surface area contributed by atoms with Crippen molar-refractivity contribution in [3.8, 4) is 5.75 Å². The van der Waals surface area contributed by atoms with Gasteiger partial charge in [-0.05, 0) is 37.5 Å². The molecule has 6 heteroatoms. The quantitative estimate of drug-likeness (QED) is 0.565. The summed E-state index contributed by atoms with van der Waals surface area (Å²) in [5.74, 6) is -0.0587. The third-order valence-electron chi connectivity index (χ3n) is 2.68. The van der Waals surface area contributed by atoms with Crippen LogP contribution in [0.25, 0.3) is 0 Å². The van der Waals surface area contributed by atoms with Gasteiger partial charge in [-0.15, -0.1) is 0 Å². The van der Waals surface area contributed by atoms with Gasteiger partial charge < -0.3 is 9.47 Å². The summed E-state index contributed by atoms with van der Waals surface area (Å²) in [4.78, 5) is 10.8. The highest BCUT2D eigenvalue weighted by molar-refractivity contribution is 5.68. The van der Waals surface area contributed by atoms with Gasteiger partial charge in [0.2, 0.25) is 0 Å². The second-order valence-electron chi connectivity index (χ2n) is 4.26. The maximum absolute atomic E-state index is 12.5. The number of unbranched alkanes of at least 4 members (excludes halogenated alkanes) is 2. The number of carbonyl (C=O) groups excluding carboxylic acids is 1. The number of ether oxygens (including phenoxy) is 2. The zero-order valence-electron chi connectivity index (χ0n) is 11.2. The van der Waals surface area contributed by atoms with E-state index in [0.717, 1.165) is 18.6 Å². The summed E-state index contributed by atoms with van der Waals surface area (Å²) in [6, 6.07) is 4.79. The second kappa shape index (κ2) is 7.77. The largest absolute Gasteiger partial charge is 0.494 e. The number of hydrogen-bond donors (Lipinski definition) is 0. The SMILES string of the molecule is COC(=O)CCCCCOc1cccc(C(F)(F)F)c1. The fraction of sp³-hybridized carbons (Fsp3) is 0.500. The molecule has 0 amide bonds. The lowest BCUT2D eigenvalue weighted by atomic mass is 10.2. The molecule has 1 aromatic carbocycles. The molecule has 0 fully saturated rings. The van der Waals surface area contributed by atoms with E-state index in [9.17, 15) is 18.0 Å². The van der Waals surface area contributed by atoms with Crippen LogP contribution in [0, 0.1) is 0 Å². The number of methoxy groups -OCH3 is 1. The topological polar surface area (TPSA) is 35.5 Å². The lowest BCUT2D eigenvalue weighted by molar-refractivity contribution is -0.140. The Kier molecular flexibility index (Phi) is 6.35. The van der Waals surface area contributed by atoms with E-state index in [1.54, 1.807) is 0 Å². The first kappa shape index (κ1) is 16.3. The van der Waals surface area contributed by atoms with Gasteiger partial charge in [-0.3, -0.25) is 4.79 Å². The number of carbonyl (C=O) groups is 1. The molecular weight excluding hydrogens is 273 g/mol. The number of hydrogen-bond acceptors (Lipinski definition) is 3. The van der Waals surface area contributed by atoms with Gasteiger partial charge in [-0.1, -0.05) is 6.07 Å². The average molecular weight is 290 g/mol. The van der Waals surface area contributed by atoms with Gasteiger partial charge in [0.25, 0.3) is 0 Å². The van der Waals surface area contributed by atoms with Crippen LogP contribution in [0.4, 0.5) is 13.2 Å². The predicted octanol–water partition coefficient (Wildman–Crippen LogP) is 3.82. The van der Waals surface area contributed by atoms with Crippen LogP contribution < -0.4 is 4.74 Å². The minimum Gasteiger partial charge on any atom is -0.494 e. The molecule has 0 unspecified atom stereocenters. The highest BCUT2D eigenvalue weighted by Gasteiger charge is 2.30. The van der Waals surface area contributed by atoms with Crippen LogP contribution in [-0.2, 0) is 15.7 Å². The zero-order valence-corrected chi connectivity index (χ0v) is 11.2. The van der Waals surface area contributed by atoms with Crippen molar-refractivity contribution >= 4 is 5.97 Å². The Morgan fingerprint density at radius 1 is 1.20 bits per heavy atom. The molecule has 0 saturated carbocycles. The molecule has 0 N–H and O–H groups in total. The van der Waals surface area contributed by atoms with E-state index in [1.807, 2.05) is 0 Å². The molecule has 0 atom stereocenters. The van der Waals surface area contributed by atoms with Crippen LogP contribution in [-0.4, -0.2) is 19.7 Å². The lowest BCUT2D eigenvalue weighted by Crippen LogP contribution is -2.05.